The highest BCUT2D eigenvalue weighted by molar-refractivity contribution is 5.98. The molecular formula is C20H20N2O3. The molecule has 0 fully saturated rings. The number of aryl methyl sites for hydroxylation is 1. The van der Waals surface area contributed by atoms with Crippen LogP contribution in [0, 0.1) is 0 Å². The second kappa shape index (κ2) is 6.51. The van der Waals surface area contributed by atoms with Gasteiger partial charge in [-0.3, -0.25) is 4.79 Å². The van der Waals surface area contributed by atoms with Crippen LogP contribution in [0.15, 0.2) is 48.5 Å². The van der Waals surface area contributed by atoms with Crippen molar-refractivity contribution in [1.82, 2.24) is 9.88 Å². The zero-order valence-corrected chi connectivity index (χ0v) is 14.1. The Bertz CT molecular complexity index is 930. The largest absolute Gasteiger partial charge is 0.486 e. The number of para-hydroxylation sites is 2. The molecule has 25 heavy (non-hydrogen) atoms. The van der Waals surface area contributed by atoms with Gasteiger partial charge in [0.05, 0.1) is 0 Å². The topological polar surface area (TPSA) is 52.5 Å². The Morgan fingerprint density at radius 1 is 1.12 bits per heavy atom. The fourth-order valence-electron chi connectivity index (χ4n) is 3.28. The maximum absolute atomic E-state index is 12.7. The highest BCUT2D eigenvalue weighted by Crippen LogP contribution is 2.33. The van der Waals surface area contributed by atoms with Crippen molar-refractivity contribution in [3.05, 3.63) is 59.8 Å². The van der Waals surface area contributed by atoms with Crippen LogP contribution in [0.2, 0.25) is 0 Å². The predicted molar refractivity (Wildman–Crippen MR) is 96.2 cm³/mol. The van der Waals surface area contributed by atoms with Gasteiger partial charge in [-0.25, -0.2) is 0 Å². The van der Waals surface area contributed by atoms with E-state index < -0.39 is 0 Å². The summed E-state index contributed by atoms with van der Waals surface area (Å²) in [6.45, 7) is 4.27. The van der Waals surface area contributed by atoms with Crippen LogP contribution in [-0.4, -0.2) is 23.7 Å². The molecule has 4 rings (SSSR count). The first-order valence-electron chi connectivity index (χ1n) is 8.52. The fraction of sp³-hybridized carbons (Fsp3) is 0.250. The summed E-state index contributed by atoms with van der Waals surface area (Å²) in [4.78, 5) is 12.7. The van der Waals surface area contributed by atoms with Gasteiger partial charge in [0.1, 0.15) is 18.9 Å². The van der Waals surface area contributed by atoms with Crippen molar-refractivity contribution in [3.63, 3.8) is 0 Å². The number of amides is 1. The van der Waals surface area contributed by atoms with Gasteiger partial charge in [-0.05, 0) is 25.1 Å². The maximum Gasteiger partial charge on any atom is 0.268 e. The Balaban J connectivity index is 1.57. The van der Waals surface area contributed by atoms with Crippen LogP contribution in [0.3, 0.4) is 0 Å². The Labute approximate surface area is 146 Å². The summed E-state index contributed by atoms with van der Waals surface area (Å²) >= 11 is 0. The fourth-order valence-corrected chi connectivity index (χ4v) is 3.28. The summed E-state index contributed by atoms with van der Waals surface area (Å²) in [6.07, 6.45) is 0. The summed E-state index contributed by atoms with van der Waals surface area (Å²) < 4.78 is 13.3. The molecule has 3 aromatic rings. The molecule has 128 valence electrons. The number of aromatic nitrogens is 1. The quantitative estimate of drug-likeness (QED) is 0.795. The van der Waals surface area contributed by atoms with Crippen LogP contribution in [0.5, 0.6) is 11.5 Å². The molecule has 5 nitrogen and oxygen atoms in total. The molecule has 1 amide bonds. The standard InChI is InChI=1S/C20H20N2O3/c1-2-22-16-8-4-3-6-14(16)12-17(22)20(23)21-13-15-7-5-9-18-19(15)25-11-10-24-18/h3-9,12H,2,10-11,13H2,1H3,(H,21,23). The number of hydrogen-bond acceptors (Lipinski definition) is 3. The first kappa shape index (κ1) is 15.6. The second-order valence-corrected chi connectivity index (χ2v) is 5.96. The molecule has 0 saturated heterocycles. The Kier molecular flexibility index (Phi) is 4.06. The molecule has 0 radical (unpaired) electrons. The Morgan fingerprint density at radius 3 is 2.84 bits per heavy atom. The third-order valence-corrected chi connectivity index (χ3v) is 4.45. The first-order chi connectivity index (χ1) is 12.3. The Morgan fingerprint density at radius 2 is 1.96 bits per heavy atom. The smallest absolute Gasteiger partial charge is 0.268 e. The molecular weight excluding hydrogens is 316 g/mol. The van der Waals surface area contributed by atoms with Gasteiger partial charge in [0.25, 0.3) is 5.91 Å². The van der Waals surface area contributed by atoms with Gasteiger partial charge in [0.15, 0.2) is 11.5 Å². The highest BCUT2D eigenvalue weighted by atomic mass is 16.6. The number of carbonyl (C=O) groups excluding carboxylic acids is 1. The normalized spacial score (nSPS) is 13.0. The monoisotopic (exact) mass is 336 g/mol. The molecule has 2 heterocycles. The van der Waals surface area contributed by atoms with Gasteiger partial charge in [-0.2, -0.15) is 0 Å². The SMILES string of the molecule is CCn1c(C(=O)NCc2cccc3c2OCCO3)cc2ccccc21. The van der Waals surface area contributed by atoms with Crippen LogP contribution in [-0.2, 0) is 13.1 Å². The van der Waals surface area contributed by atoms with E-state index >= 15 is 0 Å². The number of ether oxygens (including phenoxy) is 2. The zero-order chi connectivity index (χ0) is 17.2. The minimum atomic E-state index is -0.0904. The van der Waals surface area contributed by atoms with E-state index in [9.17, 15) is 4.79 Å². The second-order valence-electron chi connectivity index (χ2n) is 5.96. The van der Waals surface area contributed by atoms with Crippen molar-refractivity contribution in [2.45, 2.75) is 20.0 Å². The van der Waals surface area contributed by atoms with Gasteiger partial charge >= 0.3 is 0 Å². The molecule has 0 saturated carbocycles. The number of hydrogen-bond donors (Lipinski definition) is 1. The van der Waals surface area contributed by atoms with E-state index in [1.165, 1.54) is 0 Å². The van der Waals surface area contributed by atoms with Gasteiger partial charge in [-0.1, -0.05) is 30.3 Å². The lowest BCUT2D eigenvalue weighted by molar-refractivity contribution is 0.0941. The van der Waals surface area contributed by atoms with E-state index in [4.69, 9.17) is 9.47 Å². The van der Waals surface area contributed by atoms with Crippen molar-refractivity contribution in [2.75, 3.05) is 13.2 Å². The van der Waals surface area contributed by atoms with Crippen LogP contribution in [0.1, 0.15) is 23.0 Å². The minimum Gasteiger partial charge on any atom is -0.486 e. The van der Waals surface area contributed by atoms with E-state index in [-0.39, 0.29) is 5.91 Å². The highest BCUT2D eigenvalue weighted by Gasteiger charge is 2.18. The molecule has 0 spiro atoms. The summed E-state index contributed by atoms with van der Waals surface area (Å²) in [7, 11) is 0. The molecule has 1 aliphatic rings. The predicted octanol–water partition coefficient (Wildman–Crippen LogP) is 3.36. The van der Waals surface area contributed by atoms with Crippen molar-refractivity contribution in [1.29, 1.82) is 0 Å². The van der Waals surface area contributed by atoms with Crippen molar-refractivity contribution in [2.24, 2.45) is 0 Å². The third kappa shape index (κ3) is 2.82. The lowest BCUT2D eigenvalue weighted by Crippen LogP contribution is -2.26. The molecule has 1 aromatic heterocycles. The third-order valence-electron chi connectivity index (χ3n) is 4.45. The van der Waals surface area contributed by atoms with Crippen LogP contribution in [0.4, 0.5) is 0 Å². The van der Waals surface area contributed by atoms with Gasteiger partial charge in [0, 0.05) is 29.6 Å². The van der Waals surface area contributed by atoms with Crippen molar-refractivity contribution in [3.8, 4) is 11.5 Å². The van der Waals surface area contributed by atoms with E-state index in [0.29, 0.717) is 25.5 Å². The summed E-state index contributed by atoms with van der Waals surface area (Å²) in [5.41, 5.74) is 2.67. The van der Waals surface area contributed by atoms with Crippen molar-refractivity contribution >= 4 is 16.8 Å². The minimum absolute atomic E-state index is 0.0904. The van der Waals surface area contributed by atoms with E-state index in [2.05, 4.69) is 5.32 Å². The zero-order valence-electron chi connectivity index (χ0n) is 14.1. The lowest BCUT2D eigenvalue weighted by atomic mass is 10.1. The number of fused-ring (bicyclic) bond motifs is 2. The van der Waals surface area contributed by atoms with E-state index in [1.54, 1.807) is 0 Å². The number of nitrogens with one attached hydrogen (secondary N) is 1. The van der Waals surface area contributed by atoms with E-state index in [1.807, 2.05) is 60.0 Å². The van der Waals surface area contributed by atoms with Gasteiger partial charge < -0.3 is 19.4 Å². The molecule has 0 aliphatic carbocycles. The van der Waals surface area contributed by atoms with E-state index in [0.717, 1.165) is 34.5 Å². The molecule has 1 aliphatic heterocycles. The average Bonchev–Trinajstić information content (AvgIpc) is 3.04. The number of nitrogens with zero attached hydrogens (tertiary/aromatic N) is 1. The van der Waals surface area contributed by atoms with Gasteiger partial charge in [0.2, 0.25) is 0 Å². The van der Waals surface area contributed by atoms with Crippen LogP contribution >= 0.6 is 0 Å². The molecule has 5 heteroatoms. The number of benzene rings is 2. The van der Waals surface area contributed by atoms with Crippen LogP contribution in [0.25, 0.3) is 10.9 Å². The average molecular weight is 336 g/mol. The molecule has 0 atom stereocenters. The van der Waals surface area contributed by atoms with Gasteiger partial charge in [-0.15, -0.1) is 0 Å². The molecule has 2 aromatic carbocycles. The summed E-state index contributed by atoms with van der Waals surface area (Å²) in [5.74, 6) is 1.37. The summed E-state index contributed by atoms with van der Waals surface area (Å²) in [5, 5.41) is 4.08. The van der Waals surface area contributed by atoms with Crippen molar-refractivity contribution < 1.29 is 14.3 Å². The number of rotatable bonds is 4. The Hall–Kier alpha value is -2.95. The first-order valence-corrected chi connectivity index (χ1v) is 8.52. The van der Waals surface area contributed by atoms with Crippen LogP contribution < -0.4 is 14.8 Å². The maximum atomic E-state index is 12.7. The summed E-state index contributed by atoms with van der Waals surface area (Å²) in [6, 6.07) is 15.7. The lowest BCUT2D eigenvalue weighted by Gasteiger charge is -2.21. The molecule has 0 bridgehead atoms. The number of carbonyl (C=O) groups is 1. The molecule has 0 unspecified atom stereocenters. The molecule has 1 N–H and O–H groups in total.